The average molecular weight is 297 g/mol. The quantitative estimate of drug-likeness (QED) is 0.842. The number of benzene rings is 1. The van der Waals surface area contributed by atoms with E-state index in [0.717, 1.165) is 32.4 Å². The van der Waals surface area contributed by atoms with Crippen molar-refractivity contribution < 1.29 is 4.79 Å². The molecule has 3 atom stereocenters. The highest BCUT2D eigenvalue weighted by Crippen LogP contribution is 2.50. The Balaban J connectivity index is 1.68. The predicted octanol–water partition coefficient (Wildman–Crippen LogP) is 2.76. The number of fused-ring (bicyclic) bond motifs is 1. The summed E-state index contributed by atoms with van der Waals surface area (Å²) in [6.45, 7) is 1.61. The fraction of sp³-hybridized carbons (Fsp3) is 0.556. The summed E-state index contributed by atoms with van der Waals surface area (Å²) in [7, 11) is 3.59. The standard InChI is InChI=1S/C18H23N3O/c1-20(2)17(22)21-11-15-9-18(13-19,10-16(15)12-21)8-14-6-4-3-5-7-14/h3-7,15-16H,8-12H2,1-2H3/t15-,16+,18-. The maximum atomic E-state index is 12.1. The van der Waals surface area contributed by atoms with Crippen LogP contribution in [0.1, 0.15) is 18.4 Å². The molecule has 3 rings (SSSR count). The molecule has 0 aromatic heterocycles. The number of urea groups is 1. The van der Waals surface area contributed by atoms with Crippen LogP contribution in [0.4, 0.5) is 4.79 Å². The molecule has 1 aromatic rings. The summed E-state index contributed by atoms with van der Waals surface area (Å²) in [6, 6.07) is 13.0. The van der Waals surface area contributed by atoms with Gasteiger partial charge in [0.2, 0.25) is 0 Å². The van der Waals surface area contributed by atoms with Gasteiger partial charge in [-0.2, -0.15) is 5.26 Å². The zero-order chi connectivity index (χ0) is 15.7. The van der Waals surface area contributed by atoms with Gasteiger partial charge in [-0.3, -0.25) is 0 Å². The van der Waals surface area contributed by atoms with E-state index in [2.05, 4.69) is 18.2 Å². The molecule has 2 fully saturated rings. The van der Waals surface area contributed by atoms with Crippen LogP contribution in [0.15, 0.2) is 30.3 Å². The minimum atomic E-state index is -0.246. The molecule has 1 aliphatic carbocycles. The molecule has 2 aliphatic rings. The number of hydrogen-bond acceptors (Lipinski definition) is 2. The number of amides is 2. The Morgan fingerprint density at radius 1 is 1.27 bits per heavy atom. The molecule has 0 unspecified atom stereocenters. The molecule has 4 nitrogen and oxygen atoms in total. The van der Waals surface area contributed by atoms with Crippen LogP contribution in [0.3, 0.4) is 0 Å². The highest BCUT2D eigenvalue weighted by atomic mass is 16.2. The summed E-state index contributed by atoms with van der Waals surface area (Å²) in [5.41, 5.74) is 0.995. The summed E-state index contributed by atoms with van der Waals surface area (Å²) in [5.74, 6) is 0.958. The van der Waals surface area contributed by atoms with Crippen LogP contribution in [0, 0.1) is 28.6 Å². The summed E-state index contributed by atoms with van der Waals surface area (Å²) in [5, 5.41) is 9.76. The summed E-state index contributed by atoms with van der Waals surface area (Å²) in [6.07, 6.45) is 2.67. The Morgan fingerprint density at radius 3 is 2.36 bits per heavy atom. The lowest BCUT2D eigenvalue weighted by molar-refractivity contribution is 0.175. The SMILES string of the molecule is CN(C)C(=O)N1C[C@@H]2C[C@@](C#N)(Cc3ccccc3)C[C@@H]2C1. The lowest BCUT2D eigenvalue weighted by Gasteiger charge is -2.26. The number of nitriles is 1. The van der Waals surface area contributed by atoms with E-state index in [-0.39, 0.29) is 11.4 Å². The van der Waals surface area contributed by atoms with Crippen molar-refractivity contribution in [3.63, 3.8) is 0 Å². The maximum Gasteiger partial charge on any atom is 0.319 e. The smallest absolute Gasteiger partial charge is 0.319 e. The van der Waals surface area contributed by atoms with Crippen LogP contribution in [0.2, 0.25) is 0 Å². The molecule has 1 saturated heterocycles. The second-order valence-corrected chi connectivity index (χ2v) is 7.06. The van der Waals surface area contributed by atoms with Crippen molar-refractivity contribution in [2.24, 2.45) is 17.3 Å². The van der Waals surface area contributed by atoms with Gasteiger partial charge in [-0.15, -0.1) is 0 Å². The largest absolute Gasteiger partial charge is 0.331 e. The third kappa shape index (κ3) is 2.68. The van der Waals surface area contributed by atoms with Gasteiger partial charge in [0, 0.05) is 27.2 Å². The molecule has 0 bridgehead atoms. The van der Waals surface area contributed by atoms with Gasteiger partial charge >= 0.3 is 6.03 Å². The number of nitrogens with zero attached hydrogens (tertiary/aromatic N) is 3. The van der Waals surface area contributed by atoms with Crippen LogP contribution in [-0.2, 0) is 6.42 Å². The van der Waals surface area contributed by atoms with E-state index in [9.17, 15) is 10.1 Å². The second kappa shape index (κ2) is 5.64. The molecule has 1 aliphatic heterocycles. The van der Waals surface area contributed by atoms with Gasteiger partial charge < -0.3 is 9.80 Å². The Labute approximate surface area is 132 Å². The van der Waals surface area contributed by atoms with Crippen molar-refractivity contribution in [1.82, 2.24) is 9.80 Å². The third-order valence-corrected chi connectivity index (χ3v) is 5.16. The van der Waals surface area contributed by atoms with Crippen molar-refractivity contribution in [2.75, 3.05) is 27.2 Å². The topological polar surface area (TPSA) is 47.3 Å². The third-order valence-electron chi connectivity index (χ3n) is 5.16. The first kappa shape index (κ1) is 14.9. The van der Waals surface area contributed by atoms with Crippen LogP contribution < -0.4 is 0 Å². The van der Waals surface area contributed by atoms with Gasteiger partial charge in [0.05, 0.1) is 11.5 Å². The lowest BCUT2D eigenvalue weighted by atomic mass is 9.80. The van der Waals surface area contributed by atoms with Crippen molar-refractivity contribution in [2.45, 2.75) is 19.3 Å². The predicted molar refractivity (Wildman–Crippen MR) is 85.1 cm³/mol. The molecule has 116 valence electrons. The Bertz CT molecular complexity index is 576. The van der Waals surface area contributed by atoms with Gasteiger partial charge in [-0.1, -0.05) is 30.3 Å². The Morgan fingerprint density at radius 2 is 1.86 bits per heavy atom. The van der Waals surface area contributed by atoms with Gasteiger partial charge in [0.25, 0.3) is 0 Å². The van der Waals surface area contributed by atoms with Crippen molar-refractivity contribution in [1.29, 1.82) is 5.26 Å². The molecule has 22 heavy (non-hydrogen) atoms. The van der Waals surface area contributed by atoms with Crippen LogP contribution >= 0.6 is 0 Å². The van der Waals surface area contributed by atoms with Crippen molar-refractivity contribution in [3.05, 3.63) is 35.9 Å². The van der Waals surface area contributed by atoms with Crippen molar-refractivity contribution in [3.8, 4) is 6.07 Å². The Hall–Kier alpha value is -2.02. The van der Waals surface area contributed by atoms with Gasteiger partial charge in [0.1, 0.15) is 0 Å². The normalized spacial score (nSPS) is 30.0. The summed E-state index contributed by atoms with van der Waals surface area (Å²) < 4.78 is 0. The molecule has 1 aromatic carbocycles. The fourth-order valence-electron chi connectivity index (χ4n) is 4.19. The van der Waals surface area contributed by atoms with Crippen LogP contribution in [0.5, 0.6) is 0 Å². The monoisotopic (exact) mass is 297 g/mol. The first-order chi connectivity index (χ1) is 10.5. The number of rotatable bonds is 2. The molecular formula is C18H23N3O. The highest BCUT2D eigenvalue weighted by Gasteiger charge is 2.50. The van der Waals surface area contributed by atoms with E-state index in [1.54, 1.807) is 19.0 Å². The van der Waals surface area contributed by atoms with Crippen LogP contribution in [-0.4, -0.2) is 43.0 Å². The number of likely N-dealkylation sites (tertiary alicyclic amines) is 1. The maximum absolute atomic E-state index is 12.1. The van der Waals surface area contributed by atoms with E-state index in [1.807, 2.05) is 23.1 Å². The molecule has 0 N–H and O–H groups in total. The zero-order valence-corrected chi connectivity index (χ0v) is 13.3. The molecule has 0 spiro atoms. The molecular weight excluding hydrogens is 274 g/mol. The zero-order valence-electron chi connectivity index (χ0n) is 13.3. The van der Waals surface area contributed by atoms with Crippen LogP contribution in [0.25, 0.3) is 0 Å². The average Bonchev–Trinajstić information content (AvgIpc) is 3.03. The van der Waals surface area contributed by atoms with E-state index in [0.29, 0.717) is 11.8 Å². The molecule has 1 saturated carbocycles. The second-order valence-electron chi connectivity index (χ2n) is 7.06. The molecule has 4 heteroatoms. The molecule has 1 heterocycles. The first-order valence-corrected chi connectivity index (χ1v) is 7.94. The minimum Gasteiger partial charge on any atom is -0.331 e. The Kier molecular flexibility index (Phi) is 3.82. The van der Waals surface area contributed by atoms with Crippen molar-refractivity contribution >= 4 is 6.03 Å². The van der Waals surface area contributed by atoms with Gasteiger partial charge in [-0.25, -0.2) is 4.79 Å². The number of carbonyl (C=O) groups is 1. The van der Waals surface area contributed by atoms with E-state index in [1.165, 1.54) is 5.56 Å². The van der Waals surface area contributed by atoms with Gasteiger partial charge in [-0.05, 0) is 36.7 Å². The number of hydrogen-bond donors (Lipinski definition) is 0. The summed E-state index contributed by atoms with van der Waals surface area (Å²) in [4.78, 5) is 15.7. The highest BCUT2D eigenvalue weighted by molar-refractivity contribution is 5.74. The van der Waals surface area contributed by atoms with Gasteiger partial charge in [0.15, 0.2) is 0 Å². The van der Waals surface area contributed by atoms with E-state index < -0.39 is 0 Å². The lowest BCUT2D eigenvalue weighted by Crippen LogP contribution is -2.38. The molecule has 0 radical (unpaired) electrons. The van der Waals surface area contributed by atoms with E-state index >= 15 is 0 Å². The fourth-order valence-corrected chi connectivity index (χ4v) is 4.19. The molecule has 2 amide bonds. The first-order valence-electron chi connectivity index (χ1n) is 7.94. The summed E-state index contributed by atoms with van der Waals surface area (Å²) >= 11 is 0. The van der Waals surface area contributed by atoms with E-state index in [4.69, 9.17) is 0 Å². The number of carbonyl (C=O) groups excluding carboxylic acids is 1. The minimum absolute atomic E-state index is 0.0972.